The molecule has 18 heavy (non-hydrogen) atoms. The molecule has 88 valence electrons. The minimum Gasteiger partial charge on any atom is -0.237 e. The maximum absolute atomic E-state index is 7.32. The van der Waals surface area contributed by atoms with Crippen LogP contribution in [0.1, 0.15) is 22.3 Å². The van der Waals surface area contributed by atoms with Gasteiger partial charge in [-0.15, -0.1) is 0 Å². The van der Waals surface area contributed by atoms with E-state index in [9.17, 15) is 0 Å². The molecule has 0 bridgehead atoms. The summed E-state index contributed by atoms with van der Waals surface area (Å²) in [4.78, 5) is 3.63. The van der Waals surface area contributed by atoms with Gasteiger partial charge >= 0.3 is 0 Å². The first-order valence-corrected chi connectivity index (χ1v) is 5.87. The Labute approximate surface area is 108 Å². The van der Waals surface area contributed by atoms with Crippen molar-refractivity contribution >= 4 is 11.3 Å². The summed E-state index contributed by atoms with van der Waals surface area (Å²) in [5.41, 5.74) is 5.84. The molecule has 0 heterocycles. The second-order valence-corrected chi connectivity index (χ2v) is 4.43. The van der Waals surface area contributed by atoms with Crippen LogP contribution in [0.15, 0.2) is 49.0 Å². The van der Waals surface area contributed by atoms with E-state index in [2.05, 4.69) is 17.5 Å². The van der Waals surface area contributed by atoms with Crippen molar-refractivity contribution in [1.82, 2.24) is 0 Å². The smallest absolute Gasteiger partial charge is 0.195 e. The van der Waals surface area contributed by atoms with Gasteiger partial charge in [0.05, 0.1) is 6.57 Å². The summed E-state index contributed by atoms with van der Waals surface area (Å²) in [6.45, 7) is 15.5. The molecule has 0 atom stereocenters. The lowest BCUT2D eigenvalue weighted by molar-refractivity contribution is 1.36. The van der Waals surface area contributed by atoms with Crippen LogP contribution < -0.4 is 0 Å². The third-order valence-corrected chi connectivity index (χ3v) is 3.00. The number of rotatable bonds is 2. The molecule has 1 nitrogen and oxygen atoms in total. The van der Waals surface area contributed by atoms with E-state index in [0.29, 0.717) is 5.69 Å². The van der Waals surface area contributed by atoms with Gasteiger partial charge in [-0.25, -0.2) is 4.85 Å². The summed E-state index contributed by atoms with van der Waals surface area (Å²) in [6.07, 6.45) is 0. The third kappa shape index (κ3) is 2.19. The molecule has 0 N–H and O–H groups in total. The van der Waals surface area contributed by atoms with E-state index < -0.39 is 0 Å². The molecule has 0 amide bonds. The van der Waals surface area contributed by atoms with Gasteiger partial charge in [-0.05, 0) is 30.5 Å². The highest BCUT2D eigenvalue weighted by molar-refractivity contribution is 5.87. The highest BCUT2D eigenvalue weighted by Gasteiger charge is 2.11. The van der Waals surface area contributed by atoms with Crippen LogP contribution in [0.2, 0.25) is 0 Å². The van der Waals surface area contributed by atoms with E-state index in [0.717, 1.165) is 27.8 Å². The fourth-order valence-electron chi connectivity index (χ4n) is 2.21. The van der Waals surface area contributed by atoms with E-state index in [4.69, 9.17) is 6.57 Å². The van der Waals surface area contributed by atoms with Gasteiger partial charge in [0, 0.05) is 0 Å². The highest BCUT2D eigenvalue weighted by atomic mass is 14.6. The molecule has 0 aromatic heterocycles. The molecule has 0 saturated carbocycles. The zero-order valence-electron chi connectivity index (χ0n) is 10.7. The fraction of sp³-hybridized carbons (Fsp3) is 0.118. The normalized spacial score (nSPS) is 9.83. The number of nitrogens with zero attached hydrogens (tertiary/aromatic N) is 1. The van der Waals surface area contributed by atoms with Gasteiger partial charge in [0.25, 0.3) is 0 Å². The summed E-state index contributed by atoms with van der Waals surface area (Å²) >= 11 is 0. The Kier molecular flexibility index (Phi) is 3.30. The minimum atomic E-state index is 0.682. The predicted molar refractivity (Wildman–Crippen MR) is 76.8 cm³/mol. The molecule has 0 saturated heterocycles. The second-order valence-electron chi connectivity index (χ2n) is 4.43. The Balaban J connectivity index is 2.59. The van der Waals surface area contributed by atoms with Crippen molar-refractivity contribution in [3.8, 4) is 0 Å². The van der Waals surface area contributed by atoms with Crippen molar-refractivity contribution < 1.29 is 0 Å². The fourth-order valence-corrected chi connectivity index (χ4v) is 2.21. The van der Waals surface area contributed by atoms with E-state index in [1.165, 1.54) is 0 Å². The standard InChI is InChI=1S/C17H15N/c1-12-10-13(2)17(16(11-12)18-4)14(3)15-8-6-5-7-9-15/h5-11H,3H2,1-2H3. The van der Waals surface area contributed by atoms with Crippen LogP contribution in [-0.4, -0.2) is 0 Å². The molecule has 0 aliphatic rings. The quantitative estimate of drug-likeness (QED) is 0.649. The van der Waals surface area contributed by atoms with Crippen LogP contribution in [0.25, 0.3) is 10.4 Å². The van der Waals surface area contributed by atoms with Gasteiger partial charge in [0.2, 0.25) is 0 Å². The molecule has 0 spiro atoms. The summed E-state index contributed by atoms with van der Waals surface area (Å²) in [5.74, 6) is 0. The van der Waals surface area contributed by atoms with Gasteiger partial charge in [-0.3, -0.25) is 0 Å². The maximum Gasteiger partial charge on any atom is 0.195 e. The van der Waals surface area contributed by atoms with Crippen molar-refractivity contribution in [3.05, 3.63) is 82.7 Å². The average molecular weight is 233 g/mol. The van der Waals surface area contributed by atoms with Crippen LogP contribution in [0.4, 0.5) is 5.69 Å². The zero-order chi connectivity index (χ0) is 13.1. The van der Waals surface area contributed by atoms with Gasteiger partial charge in [-0.2, -0.15) is 0 Å². The molecule has 2 rings (SSSR count). The lowest BCUT2D eigenvalue weighted by Crippen LogP contribution is -1.91. The molecular formula is C17H15N. The monoisotopic (exact) mass is 233 g/mol. The minimum absolute atomic E-state index is 0.682. The van der Waals surface area contributed by atoms with Crippen LogP contribution in [-0.2, 0) is 0 Å². The summed E-state index contributed by atoms with van der Waals surface area (Å²) in [5, 5.41) is 0. The molecule has 0 aliphatic heterocycles. The first-order chi connectivity index (χ1) is 8.63. The van der Waals surface area contributed by atoms with E-state index >= 15 is 0 Å². The van der Waals surface area contributed by atoms with E-state index in [1.54, 1.807) is 0 Å². The molecule has 2 aromatic rings. The summed E-state index contributed by atoms with van der Waals surface area (Å²) < 4.78 is 0. The van der Waals surface area contributed by atoms with Gasteiger partial charge < -0.3 is 0 Å². The maximum atomic E-state index is 7.32. The number of hydrogen-bond donors (Lipinski definition) is 0. The molecule has 1 heteroatoms. The molecule has 0 aliphatic carbocycles. The Morgan fingerprint density at radius 1 is 1.11 bits per heavy atom. The molecule has 0 fully saturated rings. The highest BCUT2D eigenvalue weighted by Crippen LogP contribution is 2.33. The van der Waals surface area contributed by atoms with Gasteiger partial charge in [-0.1, -0.05) is 60.2 Å². The van der Waals surface area contributed by atoms with Crippen LogP contribution in [0.5, 0.6) is 0 Å². The Morgan fingerprint density at radius 2 is 1.78 bits per heavy atom. The lowest BCUT2D eigenvalue weighted by Gasteiger charge is -2.13. The van der Waals surface area contributed by atoms with Crippen LogP contribution in [0, 0.1) is 20.4 Å². The van der Waals surface area contributed by atoms with Crippen molar-refractivity contribution in [2.75, 3.05) is 0 Å². The largest absolute Gasteiger partial charge is 0.237 e. The Bertz CT molecular complexity index is 631. The molecule has 2 aromatic carbocycles. The second kappa shape index (κ2) is 4.89. The SMILES string of the molecule is [C-]#[N+]c1cc(C)cc(C)c1C(=C)c1ccccc1. The lowest BCUT2D eigenvalue weighted by atomic mass is 9.93. The van der Waals surface area contributed by atoms with Crippen LogP contribution in [0.3, 0.4) is 0 Å². The van der Waals surface area contributed by atoms with E-state index in [1.807, 2.05) is 50.2 Å². The first kappa shape index (κ1) is 12.1. The third-order valence-electron chi connectivity index (χ3n) is 3.00. The van der Waals surface area contributed by atoms with Crippen molar-refractivity contribution in [3.63, 3.8) is 0 Å². The number of hydrogen-bond acceptors (Lipinski definition) is 0. The zero-order valence-corrected chi connectivity index (χ0v) is 10.7. The summed E-state index contributed by atoms with van der Waals surface area (Å²) in [6, 6.07) is 14.0. The molecular weight excluding hydrogens is 218 g/mol. The number of aryl methyl sites for hydroxylation is 2. The van der Waals surface area contributed by atoms with Gasteiger partial charge in [0.1, 0.15) is 0 Å². The topological polar surface area (TPSA) is 4.36 Å². The molecule has 0 unspecified atom stereocenters. The predicted octanol–water partition coefficient (Wildman–Crippen LogP) is 4.92. The first-order valence-electron chi connectivity index (χ1n) is 5.87. The van der Waals surface area contributed by atoms with Gasteiger partial charge in [0.15, 0.2) is 5.69 Å². The van der Waals surface area contributed by atoms with Crippen molar-refractivity contribution in [2.45, 2.75) is 13.8 Å². The summed E-state index contributed by atoms with van der Waals surface area (Å²) in [7, 11) is 0. The van der Waals surface area contributed by atoms with E-state index in [-0.39, 0.29) is 0 Å². The Hall–Kier alpha value is -2.33. The van der Waals surface area contributed by atoms with Crippen LogP contribution >= 0.6 is 0 Å². The molecule has 0 radical (unpaired) electrons. The number of benzene rings is 2. The van der Waals surface area contributed by atoms with Crippen molar-refractivity contribution in [1.29, 1.82) is 0 Å². The average Bonchev–Trinajstić information content (AvgIpc) is 2.38. The Morgan fingerprint density at radius 3 is 2.39 bits per heavy atom. The van der Waals surface area contributed by atoms with Crippen molar-refractivity contribution in [2.24, 2.45) is 0 Å².